The molecule has 1 aliphatic rings. The zero-order chi connectivity index (χ0) is 17.8. The van der Waals surface area contributed by atoms with Gasteiger partial charge in [-0.15, -0.1) is 11.3 Å². The van der Waals surface area contributed by atoms with Gasteiger partial charge in [-0.05, 0) is 36.6 Å². The van der Waals surface area contributed by atoms with E-state index in [-0.39, 0.29) is 17.2 Å². The number of halogens is 1. The molecule has 0 bridgehead atoms. The van der Waals surface area contributed by atoms with E-state index in [1.165, 1.54) is 4.57 Å². The van der Waals surface area contributed by atoms with Crippen LogP contribution in [0.4, 0.5) is 0 Å². The molecule has 0 aliphatic carbocycles. The number of nitriles is 2. The summed E-state index contributed by atoms with van der Waals surface area (Å²) in [5.41, 5.74) is 0.554. The largest absolute Gasteiger partial charge is 0.376 e. The van der Waals surface area contributed by atoms with Crippen molar-refractivity contribution in [1.29, 1.82) is 10.5 Å². The zero-order valence-electron chi connectivity index (χ0n) is 13.2. The quantitative estimate of drug-likeness (QED) is 0.823. The first-order valence-corrected chi connectivity index (χ1v) is 8.95. The first kappa shape index (κ1) is 17.4. The van der Waals surface area contributed by atoms with Crippen molar-refractivity contribution >= 4 is 34.6 Å². The molecule has 5 nitrogen and oxygen atoms in total. The van der Waals surface area contributed by atoms with Gasteiger partial charge in [0.1, 0.15) is 16.8 Å². The summed E-state index contributed by atoms with van der Waals surface area (Å²) in [6, 6.07) is 10.9. The van der Waals surface area contributed by atoms with E-state index in [1.807, 2.05) is 24.3 Å². The Morgan fingerprint density at radius 3 is 2.68 bits per heavy atom. The minimum Gasteiger partial charge on any atom is -0.376 e. The molecular weight excluding hydrogens is 358 g/mol. The lowest BCUT2D eigenvalue weighted by Gasteiger charge is -2.09. The van der Waals surface area contributed by atoms with Gasteiger partial charge in [-0.2, -0.15) is 10.5 Å². The van der Waals surface area contributed by atoms with Crippen LogP contribution in [0.3, 0.4) is 0 Å². The Morgan fingerprint density at radius 2 is 2.08 bits per heavy atom. The highest BCUT2D eigenvalue weighted by atomic mass is 35.5. The summed E-state index contributed by atoms with van der Waals surface area (Å²) in [6.45, 7) is 1.03. The number of hydrogen-bond donors (Lipinski definition) is 0. The summed E-state index contributed by atoms with van der Waals surface area (Å²) in [4.78, 5) is 12.8. The maximum absolute atomic E-state index is 12.8. The van der Waals surface area contributed by atoms with Gasteiger partial charge in [0, 0.05) is 11.6 Å². The summed E-state index contributed by atoms with van der Waals surface area (Å²) in [6.07, 6.45) is 3.50. The Balaban J connectivity index is 2.17. The average Bonchev–Trinajstić information content (AvgIpc) is 3.23. The van der Waals surface area contributed by atoms with Crippen LogP contribution in [-0.4, -0.2) is 17.3 Å². The van der Waals surface area contributed by atoms with Crippen LogP contribution in [0.1, 0.15) is 18.4 Å². The molecule has 1 aromatic heterocycles. The third-order valence-corrected chi connectivity index (χ3v) is 5.31. The van der Waals surface area contributed by atoms with Gasteiger partial charge in [-0.1, -0.05) is 23.7 Å². The molecule has 1 atom stereocenters. The fraction of sp³-hybridized carbons (Fsp3) is 0.278. The van der Waals surface area contributed by atoms with Crippen molar-refractivity contribution in [3.05, 3.63) is 54.4 Å². The maximum Gasteiger partial charge on any atom is 0.269 e. The minimum atomic E-state index is -0.214. The van der Waals surface area contributed by atoms with E-state index in [0.29, 0.717) is 27.4 Å². The topological polar surface area (TPSA) is 78.8 Å². The molecule has 0 saturated carbocycles. The van der Waals surface area contributed by atoms with Crippen LogP contribution in [0.25, 0.3) is 11.6 Å². The highest BCUT2D eigenvalue weighted by Crippen LogP contribution is 2.13. The van der Waals surface area contributed by atoms with Crippen molar-refractivity contribution in [3.8, 4) is 12.1 Å². The molecule has 1 aliphatic heterocycles. The normalized spacial score (nSPS) is 17.2. The zero-order valence-corrected chi connectivity index (χ0v) is 14.8. The summed E-state index contributed by atoms with van der Waals surface area (Å²) in [7, 11) is 0. The van der Waals surface area contributed by atoms with Crippen molar-refractivity contribution in [2.75, 3.05) is 6.61 Å². The molecule has 0 spiro atoms. The fourth-order valence-electron chi connectivity index (χ4n) is 2.69. The molecular formula is C18H14ClN3O2S. The van der Waals surface area contributed by atoms with Crippen LogP contribution < -0.4 is 14.8 Å². The third-order valence-electron chi connectivity index (χ3n) is 3.92. The van der Waals surface area contributed by atoms with Gasteiger partial charge in [-0.25, -0.2) is 0 Å². The molecule has 7 heteroatoms. The number of ether oxygens (including phenoxy) is 1. The standard InChI is InChI=1S/C18H14ClN3O2S/c19-14-5-3-12(4-6-14)8-16-17(23)22(11-15-2-1-7-24-15)18(25-16)13(9-20)10-21/h3-6,8,15H,1-2,7,11H2/b16-8-. The minimum absolute atomic E-state index is 0.0594. The van der Waals surface area contributed by atoms with Gasteiger partial charge >= 0.3 is 0 Å². The van der Waals surface area contributed by atoms with Gasteiger partial charge in [0.15, 0.2) is 5.57 Å². The van der Waals surface area contributed by atoms with E-state index < -0.39 is 0 Å². The SMILES string of the molecule is N#CC(C#N)=c1s/c(=C\c2ccc(Cl)cc2)c(=O)n1CC1CCCO1. The van der Waals surface area contributed by atoms with E-state index in [9.17, 15) is 15.3 Å². The molecule has 1 unspecified atom stereocenters. The van der Waals surface area contributed by atoms with E-state index in [1.54, 1.807) is 18.2 Å². The number of rotatable bonds is 3. The number of aromatic nitrogens is 1. The van der Waals surface area contributed by atoms with Crippen molar-refractivity contribution in [3.63, 3.8) is 0 Å². The highest BCUT2D eigenvalue weighted by molar-refractivity contribution is 7.07. The van der Waals surface area contributed by atoms with Crippen molar-refractivity contribution in [1.82, 2.24) is 4.57 Å². The lowest BCUT2D eigenvalue weighted by Crippen LogP contribution is -2.35. The Kier molecular flexibility index (Phi) is 5.35. The van der Waals surface area contributed by atoms with Crippen LogP contribution in [0, 0.1) is 22.7 Å². The second kappa shape index (κ2) is 7.67. The average molecular weight is 372 g/mol. The lowest BCUT2D eigenvalue weighted by molar-refractivity contribution is 0.0959. The van der Waals surface area contributed by atoms with E-state index in [2.05, 4.69) is 0 Å². The number of hydrogen-bond acceptors (Lipinski definition) is 5. The van der Waals surface area contributed by atoms with Crippen LogP contribution in [-0.2, 0) is 11.3 Å². The molecule has 0 radical (unpaired) electrons. The molecule has 3 rings (SSSR count). The van der Waals surface area contributed by atoms with Crippen LogP contribution >= 0.6 is 22.9 Å². The van der Waals surface area contributed by atoms with Gasteiger partial charge in [0.25, 0.3) is 5.56 Å². The third kappa shape index (κ3) is 3.83. The van der Waals surface area contributed by atoms with Crippen LogP contribution in [0.15, 0.2) is 29.1 Å². The molecule has 2 heterocycles. The predicted octanol–water partition coefficient (Wildman–Crippen LogP) is 1.77. The van der Waals surface area contributed by atoms with Gasteiger partial charge in [0.2, 0.25) is 0 Å². The molecule has 1 fully saturated rings. The van der Waals surface area contributed by atoms with Crippen molar-refractivity contribution < 1.29 is 4.74 Å². The summed E-state index contributed by atoms with van der Waals surface area (Å²) in [5.74, 6) is 0. The Bertz CT molecular complexity index is 1020. The van der Waals surface area contributed by atoms with Crippen molar-refractivity contribution in [2.45, 2.75) is 25.5 Å². The Hall–Kier alpha value is -2.38. The number of nitrogens with zero attached hydrogens (tertiary/aromatic N) is 3. The molecule has 0 amide bonds. The van der Waals surface area contributed by atoms with Gasteiger partial charge in [-0.3, -0.25) is 9.36 Å². The van der Waals surface area contributed by atoms with E-state index in [0.717, 1.165) is 29.7 Å². The first-order valence-electron chi connectivity index (χ1n) is 7.75. The van der Waals surface area contributed by atoms with Crippen LogP contribution in [0.2, 0.25) is 5.02 Å². The number of benzene rings is 1. The highest BCUT2D eigenvalue weighted by Gasteiger charge is 2.19. The summed E-state index contributed by atoms with van der Waals surface area (Å²) < 4.78 is 7.94. The van der Waals surface area contributed by atoms with Crippen LogP contribution in [0.5, 0.6) is 0 Å². The van der Waals surface area contributed by atoms with E-state index in [4.69, 9.17) is 16.3 Å². The molecule has 0 N–H and O–H groups in total. The van der Waals surface area contributed by atoms with E-state index >= 15 is 0 Å². The number of thiazole rings is 1. The Morgan fingerprint density at radius 1 is 1.36 bits per heavy atom. The fourth-order valence-corrected chi connectivity index (χ4v) is 3.88. The molecule has 1 saturated heterocycles. The lowest BCUT2D eigenvalue weighted by atomic mass is 10.2. The second-order valence-corrected chi connectivity index (χ2v) is 7.08. The molecule has 126 valence electrons. The molecule has 2 aromatic rings. The molecule has 25 heavy (non-hydrogen) atoms. The first-order chi connectivity index (χ1) is 12.1. The summed E-state index contributed by atoms with van der Waals surface area (Å²) >= 11 is 7.03. The van der Waals surface area contributed by atoms with Gasteiger partial charge < -0.3 is 4.74 Å². The summed E-state index contributed by atoms with van der Waals surface area (Å²) in [5, 5.41) is 19.0. The Labute approximate surface area is 153 Å². The van der Waals surface area contributed by atoms with Gasteiger partial charge in [0.05, 0.1) is 17.2 Å². The molecule has 1 aromatic carbocycles. The second-order valence-electron chi connectivity index (χ2n) is 5.62. The van der Waals surface area contributed by atoms with Crippen molar-refractivity contribution in [2.24, 2.45) is 0 Å². The smallest absolute Gasteiger partial charge is 0.269 e. The predicted molar refractivity (Wildman–Crippen MR) is 96.5 cm³/mol. The monoisotopic (exact) mass is 371 g/mol. The maximum atomic E-state index is 12.8.